The molecule has 17 heavy (non-hydrogen) atoms. The summed E-state index contributed by atoms with van der Waals surface area (Å²) in [6.45, 7) is 3.75. The van der Waals surface area contributed by atoms with E-state index >= 15 is 0 Å². The molecule has 2 aliphatic rings. The SMILES string of the molecule is FC(F)=C(N1CCCCCC1)N1CCOCC1. The lowest BCUT2D eigenvalue weighted by Crippen LogP contribution is -2.42. The largest absolute Gasteiger partial charge is 0.378 e. The Labute approximate surface area is 101 Å². The summed E-state index contributed by atoms with van der Waals surface area (Å²) in [5, 5.41) is 0. The first-order valence-electron chi connectivity index (χ1n) is 6.42. The highest BCUT2D eigenvalue weighted by Gasteiger charge is 2.24. The lowest BCUT2D eigenvalue weighted by Gasteiger charge is -2.36. The van der Waals surface area contributed by atoms with Gasteiger partial charge in [-0.1, -0.05) is 12.8 Å². The maximum atomic E-state index is 13.2. The van der Waals surface area contributed by atoms with Gasteiger partial charge in [-0.15, -0.1) is 0 Å². The molecule has 2 rings (SSSR count). The van der Waals surface area contributed by atoms with Crippen LogP contribution in [0.15, 0.2) is 11.9 Å². The molecule has 2 aliphatic heterocycles. The van der Waals surface area contributed by atoms with Crippen molar-refractivity contribution in [2.24, 2.45) is 0 Å². The molecule has 0 aliphatic carbocycles. The summed E-state index contributed by atoms with van der Waals surface area (Å²) in [7, 11) is 0. The van der Waals surface area contributed by atoms with Crippen molar-refractivity contribution in [1.82, 2.24) is 9.80 Å². The van der Waals surface area contributed by atoms with E-state index in [1.54, 1.807) is 4.90 Å². The maximum Gasteiger partial charge on any atom is 0.310 e. The van der Waals surface area contributed by atoms with Crippen molar-refractivity contribution in [3.05, 3.63) is 11.9 Å². The van der Waals surface area contributed by atoms with Gasteiger partial charge in [0.15, 0.2) is 5.82 Å². The first-order valence-corrected chi connectivity index (χ1v) is 6.42. The van der Waals surface area contributed by atoms with Gasteiger partial charge >= 0.3 is 6.08 Å². The highest BCUT2D eigenvalue weighted by Crippen LogP contribution is 2.22. The first-order chi connectivity index (χ1) is 8.29. The van der Waals surface area contributed by atoms with Crippen LogP contribution in [0.25, 0.3) is 0 Å². The van der Waals surface area contributed by atoms with Crippen LogP contribution in [0.1, 0.15) is 25.7 Å². The van der Waals surface area contributed by atoms with Crippen LogP contribution in [-0.2, 0) is 4.74 Å². The smallest absolute Gasteiger partial charge is 0.310 e. The van der Waals surface area contributed by atoms with E-state index in [9.17, 15) is 8.78 Å². The topological polar surface area (TPSA) is 15.7 Å². The van der Waals surface area contributed by atoms with Gasteiger partial charge in [0.25, 0.3) is 0 Å². The molecule has 0 aromatic rings. The second-order valence-electron chi connectivity index (χ2n) is 4.58. The molecule has 0 atom stereocenters. The summed E-state index contributed by atoms with van der Waals surface area (Å²) in [4.78, 5) is 3.62. The van der Waals surface area contributed by atoms with Gasteiger partial charge in [-0.3, -0.25) is 0 Å². The highest BCUT2D eigenvalue weighted by molar-refractivity contribution is 5.02. The van der Waals surface area contributed by atoms with Crippen LogP contribution >= 0.6 is 0 Å². The van der Waals surface area contributed by atoms with E-state index in [-0.39, 0.29) is 5.82 Å². The predicted molar refractivity (Wildman–Crippen MR) is 61.7 cm³/mol. The van der Waals surface area contributed by atoms with Crippen molar-refractivity contribution in [1.29, 1.82) is 0 Å². The molecule has 0 amide bonds. The Morgan fingerprint density at radius 2 is 1.29 bits per heavy atom. The van der Waals surface area contributed by atoms with Crippen molar-refractivity contribution in [2.75, 3.05) is 39.4 Å². The molecule has 0 radical (unpaired) electrons. The Morgan fingerprint density at radius 1 is 0.765 bits per heavy atom. The zero-order valence-corrected chi connectivity index (χ0v) is 10.1. The van der Waals surface area contributed by atoms with Gasteiger partial charge in [-0.25, -0.2) is 0 Å². The Kier molecular flexibility index (Phi) is 4.59. The quantitative estimate of drug-likeness (QED) is 0.743. The van der Waals surface area contributed by atoms with Crippen molar-refractivity contribution in [3.63, 3.8) is 0 Å². The summed E-state index contributed by atoms with van der Waals surface area (Å²) in [5.41, 5.74) is 0. The monoisotopic (exact) mass is 246 g/mol. The second kappa shape index (κ2) is 6.19. The summed E-state index contributed by atoms with van der Waals surface area (Å²) < 4.78 is 31.5. The molecule has 0 N–H and O–H groups in total. The Bertz CT molecular complexity index is 266. The number of rotatable bonds is 2. The summed E-state index contributed by atoms with van der Waals surface area (Å²) >= 11 is 0. The van der Waals surface area contributed by atoms with Crippen molar-refractivity contribution in [2.45, 2.75) is 25.7 Å². The number of nitrogens with zero attached hydrogens (tertiary/aromatic N) is 2. The number of hydrogen-bond acceptors (Lipinski definition) is 3. The minimum Gasteiger partial charge on any atom is -0.378 e. The normalized spacial score (nSPS) is 22.2. The molecule has 98 valence electrons. The van der Waals surface area contributed by atoms with E-state index in [1.807, 2.05) is 4.90 Å². The van der Waals surface area contributed by atoms with Gasteiger partial charge in [-0.2, -0.15) is 8.78 Å². The molecule has 2 heterocycles. The van der Waals surface area contributed by atoms with Crippen molar-refractivity contribution < 1.29 is 13.5 Å². The third-order valence-electron chi connectivity index (χ3n) is 3.39. The summed E-state index contributed by atoms with van der Waals surface area (Å²) in [5.74, 6) is 0.148. The lowest BCUT2D eigenvalue weighted by atomic mass is 10.2. The Hall–Kier alpha value is -0.840. The maximum absolute atomic E-state index is 13.2. The van der Waals surface area contributed by atoms with Gasteiger partial charge in [0, 0.05) is 26.2 Å². The molecule has 0 unspecified atom stereocenters. The lowest BCUT2D eigenvalue weighted by molar-refractivity contribution is 0.0328. The van der Waals surface area contributed by atoms with Gasteiger partial charge in [0.05, 0.1) is 13.2 Å². The fourth-order valence-electron chi connectivity index (χ4n) is 2.50. The highest BCUT2D eigenvalue weighted by atomic mass is 19.3. The molecular formula is C12H20F2N2O. The minimum absolute atomic E-state index is 0.148. The van der Waals surface area contributed by atoms with Crippen molar-refractivity contribution >= 4 is 0 Å². The molecule has 0 saturated carbocycles. The van der Waals surface area contributed by atoms with Crippen LogP contribution < -0.4 is 0 Å². The summed E-state index contributed by atoms with van der Waals surface area (Å²) in [6, 6.07) is 0. The molecule has 2 saturated heterocycles. The first kappa shape index (κ1) is 12.6. The predicted octanol–water partition coefficient (Wildman–Crippen LogP) is 2.26. The van der Waals surface area contributed by atoms with Gasteiger partial charge in [-0.05, 0) is 12.8 Å². The number of ether oxygens (including phenoxy) is 1. The van der Waals surface area contributed by atoms with Crippen LogP contribution in [0.2, 0.25) is 0 Å². The van der Waals surface area contributed by atoms with E-state index in [1.165, 1.54) is 0 Å². The van der Waals surface area contributed by atoms with Gasteiger partial charge in [0.2, 0.25) is 0 Å². The van der Waals surface area contributed by atoms with Gasteiger partial charge in [0.1, 0.15) is 0 Å². The standard InChI is InChI=1S/C12H20F2N2O/c13-11(14)12(16-7-9-17-10-8-16)15-5-3-1-2-4-6-15/h1-10H2. The van der Waals surface area contributed by atoms with E-state index in [0.29, 0.717) is 26.3 Å². The van der Waals surface area contributed by atoms with Gasteiger partial charge < -0.3 is 14.5 Å². The van der Waals surface area contributed by atoms with Crippen LogP contribution in [0, 0.1) is 0 Å². The second-order valence-corrected chi connectivity index (χ2v) is 4.58. The zero-order chi connectivity index (χ0) is 12.1. The summed E-state index contributed by atoms with van der Waals surface area (Å²) in [6.07, 6.45) is 2.79. The molecule has 3 nitrogen and oxygen atoms in total. The average molecular weight is 246 g/mol. The molecule has 5 heteroatoms. The van der Waals surface area contributed by atoms with E-state index in [4.69, 9.17) is 4.74 Å². The fraction of sp³-hybridized carbons (Fsp3) is 0.833. The van der Waals surface area contributed by atoms with Crippen LogP contribution in [0.3, 0.4) is 0 Å². The van der Waals surface area contributed by atoms with Crippen LogP contribution in [0.5, 0.6) is 0 Å². The average Bonchev–Trinajstić information content (AvgIpc) is 2.59. The molecule has 0 aromatic heterocycles. The van der Waals surface area contributed by atoms with E-state index in [2.05, 4.69) is 0 Å². The molecule has 0 spiro atoms. The molecule has 0 bridgehead atoms. The Morgan fingerprint density at radius 3 is 1.82 bits per heavy atom. The van der Waals surface area contributed by atoms with E-state index in [0.717, 1.165) is 38.8 Å². The number of halogens is 2. The van der Waals surface area contributed by atoms with Crippen LogP contribution in [-0.4, -0.2) is 49.2 Å². The van der Waals surface area contributed by atoms with Crippen LogP contribution in [0.4, 0.5) is 8.78 Å². The van der Waals surface area contributed by atoms with E-state index < -0.39 is 6.08 Å². The number of hydrogen-bond donors (Lipinski definition) is 0. The number of morpholine rings is 1. The third-order valence-corrected chi connectivity index (χ3v) is 3.39. The number of likely N-dealkylation sites (tertiary alicyclic amines) is 1. The zero-order valence-electron chi connectivity index (χ0n) is 10.1. The third kappa shape index (κ3) is 3.31. The minimum atomic E-state index is -1.55. The van der Waals surface area contributed by atoms with Crippen molar-refractivity contribution in [3.8, 4) is 0 Å². The Balaban J connectivity index is 2.07. The molecule has 0 aromatic carbocycles. The molecular weight excluding hydrogens is 226 g/mol. The fourth-order valence-corrected chi connectivity index (χ4v) is 2.50. The molecule has 2 fully saturated rings.